The second-order valence-corrected chi connectivity index (χ2v) is 6.69. The summed E-state index contributed by atoms with van der Waals surface area (Å²) in [6, 6.07) is 6.86. The average Bonchev–Trinajstić information content (AvgIpc) is 2.81. The van der Waals surface area contributed by atoms with E-state index in [1.54, 1.807) is 12.1 Å². The van der Waals surface area contributed by atoms with Gasteiger partial charge >= 0.3 is 6.03 Å². The number of nitrogens with zero attached hydrogens (tertiary/aromatic N) is 2. The average molecular weight is 336 g/mol. The van der Waals surface area contributed by atoms with Crippen LogP contribution >= 0.6 is 11.6 Å². The SMILES string of the molecule is CC[C@@]1(c2cccc(Cl)c2)NC(=O)N(CN2CCCCC2)C1=O. The molecule has 23 heavy (non-hydrogen) atoms. The van der Waals surface area contributed by atoms with Crippen LogP contribution < -0.4 is 5.32 Å². The van der Waals surface area contributed by atoms with Crippen LogP contribution in [0.2, 0.25) is 5.02 Å². The largest absolute Gasteiger partial charge is 0.326 e. The molecule has 124 valence electrons. The van der Waals surface area contributed by atoms with Crippen molar-refractivity contribution in [3.8, 4) is 0 Å². The lowest BCUT2D eigenvalue weighted by molar-refractivity contribution is -0.133. The molecule has 0 spiro atoms. The van der Waals surface area contributed by atoms with Crippen molar-refractivity contribution in [1.82, 2.24) is 15.1 Å². The van der Waals surface area contributed by atoms with Crippen molar-refractivity contribution in [3.63, 3.8) is 0 Å². The molecule has 0 aliphatic carbocycles. The Morgan fingerprint density at radius 2 is 1.96 bits per heavy atom. The number of benzene rings is 1. The molecule has 2 heterocycles. The highest BCUT2D eigenvalue weighted by Gasteiger charge is 2.51. The summed E-state index contributed by atoms with van der Waals surface area (Å²) < 4.78 is 0. The number of carbonyl (C=O) groups is 2. The molecule has 2 aliphatic heterocycles. The van der Waals surface area contributed by atoms with E-state index in [4.69, 9.17) is 11.6 Å². The number of hydrogen-bond acceptors (Lipinski definition) is 3. The summed E-state index contributed by atoms with van der Waals surface area (Å²) in [5.41, 5.74) is -0.260. The van der Waals surface area contributed by atoms with Gasteiger partial charge in [0.2, 0.25) is 0 Å². The van der Waals surface area contributed by atoms with E-state index in [-0.39, 0.29) is 11.9 Å². The molecule has 1 N–H and O–H groups in total. The topological polar surface area (TPSA) is 52.7 Å². The third-order valence-electron chi connectivity index (χ3n) is 4.81. The molecule has 0 radical (unpaired) electrons. The molecule has 0 aromatic heterocycles. The highest BCUT2D eigenvalue weighted by atomic mass is 35.5. The van der Waals surface area contributed by atoms with Gasteiger partial charge in [-0.2, -0.15) is 0 Å². The summed E-state index contributed by atoms with van der Waals surface area (Å²) in [7, 11) is 0. The van der Waals surface area contributed by atoms with E-state index in [1.807, 2.05) is 19.1 Å². The number of hydrogen-bond donors (Lipinski definition) is 1. The third-order valence-corrected chi connectivity index (χ3v) is 5.05. The minimum Gasteiger partial charge on any atom is -0.319 e. The fraction of sp³-hybridized carbons (Fsp3) is 0.529. The Hall–Kier alpha value is -1.59. The van der Waals surface area contributed by atoms with E-state index in [9.17, 15) is 9.59 Å². The Balaban J connectivity index is 1.85. The van der Waals surface area contributed by atoms with Crippen molar-refractivity contribution < 1.29 is 9.59 Å². The van der Waals surface area contributed by atoms with Crippen molar-refractivity contribution in [2.75, 3.05) is 19.8 Å². The molecule has 2 aliphatic rings. The van der Waals surface area contributed by atoms with Crippen LogP contribution in [0.1, 0.15) is 38.2 Å². The number of rotatable bonds is 4. The predicted molar refractivity (Wildman–Crippen MR) is 89.1 cm³/mol. The Kier molecular flexibility index (Phi) is 4.60. The maximum absolute atomic E-state index is 13.0. The molecule has 3 rings (SSSR count). The summed E-state index contributed by atoms with van der Waals surface area (Å²) in [5, 5.41) is 3.46. The standard InChI is InChI=1S/C17H22ClN3O2/c1-2-17(13-7-6-8-14(18)11-13)15(22)21(16(23)19-17)12-20-9-4-3-5-10-20/h6-8,11H,2-5,9-10,12H2,1H3,(H,19,23)/t17-/m0/s1. The van der Waals surface area contributed by atoms with Crippen LogP contribution in [0.25, 0.3) is 0 Å². The number of imide groups is 1. The Morgan fingerprint density at radius 1 is 1.22 bits per heavy atom. The maximum atomic E-state index is 13.0. The predicted octanol–water partition coefficient (Wildman–Crippen LogP) is 2.94. The van der Waals surface area contributed by atoms with Gasteiger partial charge in [0.15, 0.2) is 0 Å². The van der Waals surface area contributed by atoms with Crippen molar-refractivity contribution in [2.45, 2.75) is 38.1 Å². The van der Waals surface area contributed by atoms with Crippen LogP contribution in [-0.4, -0.2) is 41.5 Å². The van der Waals surface area contributed by atoms with Crippen LogP contribution in [0.4, 0.5) is 4.79 Å². The van der Waals surface area contributed by atoms with E-state index in [0.29, 0.717) is 18.1 Å². The molecule has 6 heteroatoms. The lowest BCUT2D eigenvalue weighted by Crippen LogP contribution is -2.46. The summed E-state index contributed by atoms with van der Waals surface area (Å²) in [6.45, 7) is 4.15. The fourth-order valence-corrected chi connectivity index (χ4v) is 3.64. The van der Waals surface area contributed by atoms with Crippen molar-refractivity contribution in [2.24, 2.45) is 0 Å². The summed E-state index contributed by atoms with van der Waals surface area (Å²) in [4.78, 5) is 29.0. The number of halogens is 1. The zero-order chi connectivity index (χ0) is 16.4. The zero-order valence-electron chi connectivity index (χ0n) is 13.3. The van der Waals surface area contributed by atoms with Gasteiger partial charge in [-0.25, -0.2) is 9.69 Å². The van der Waals surface area contributed by atoms with Gasteiger partial charge in [-0.05, 0) is 50.0 Å². The van der Waals surface area contributed by atoms with E-state index < -0.39 is 5.54 Å². The van der Waals surface area contributed by atoms with E-state index in [2.05, 4.69) is 10.2 Å². The Labute approximate surface area is 141 Å². The first kappa shape index (κ1) is 16.3. The molecule has 1 aromatic carbocycles. The van der Waals surface area contributed by atoms with Crippen molar-refractivity contribution in [3.05, 3.63) is 34.9 Å². The second-order valence-electron chi connectivity index (χ2n) is 6.25. The van der Waals surface area contributed by atoms with Crippen LogP contribution in [0.5, 0.6) is 0 Å². The normalized spacial score (nSPS) is 25.7. The summed E-state index contributed by atoms with van der Waals surface area (Å²) in [6.07, 6.45) is 3.96. The molecule has 2 fully saturated rings. The molecule has 2 saturated heterocycles. The first-order chi connectivity index (χ1) is 11.1. The van der Waals surface area contributed by atoms with Gasteiger partial charge in [0, 0.05) is 5.02 Å². The van der Waals surface area contributed by atoms with E-state index in [0.717, 1.165) is 31.5 Å². The van der Waals surface area contributed by atoms with Gasteiger partial charge in [0.25, 0.3) is 5.91 Å². The minimum absolute atomic E-state index is 0.183. The summed E-state index contributed by atoms with van der Waals surface area (Å²) >= 11 is 6.07. The van der Waals surface area contributed by atoms with E-state index in [1.165, 1.54) is 11.3 Å². The van der Waals surface area contributed by atoms with Crippen LogP contribution in [0.15, 0.2) is 24.3 Å². The number of nitrogens with one attached hydrogen (secondary N) is 1. The van der Waals surface area contributed by atoms with Gasteiger partial charge in [0.1, 0.15) is 5.54 Å². The van der Waals surface area contributed by atoms with Gasteiger partial charge in [-0.15, -0.1) is 0 Å². The van der Waals surface area contributed by atoms with Crippen molar-refractivity contribution >= 4 is 23.5 Å². The Morgan fingerprint density at radius 3 is 2.61 bits per heavy atom. The smallest absolute Gasteiger partial charge is 0.319 e. The Bertz CT molecular complexity index is 616. The van der Waals surface area contributed by atoms with Gasteiger partial charge in [-0.1, -0.05) is 37.1 Å². The molecule has 0 saturated carbocycles. The molecular formula is C17H22ClN3O2. The van der Waals surface area contributed by atoms with Gasteiger partial charge in [0.05, 0.1) is 6.67 Å². The number of urea groups is 1. The first-order valence-corrected chi connectivity index (χ1v) is 8.57. The monoisotopic (exact) mass is 335 g/mol. The van der Waals surface area contributed by atoms with E-state index >= 15 is 0 Å². The number of piperidine rings is 1. The van der Waals surface area contributed by atoms with Crippen molar-refractivity contribution in [1.29, 1.82) is 0 Å². The number of likely N-dealkylation sites (tertiary alicyclic amines) is 1. The summed E-state index contributed by atoms with van der Waals surface area (Å²) in [5.74, 6) is -0.183. The van der Waals surface area contributed by atoms with Gasteiger partial charge < -0.3 is 5.32 Å². The quantitative estimate of drug-likeness (QED) is 0.861. The molecule has 5 nitrogen and oxygen atoms in total. The van der Waals surface area contributed by atoms with Crippen LogP contribution in [0, 0.1) is 0 Å². The lowest BCUT2D eigenvalue weighted by atomic mass is 9.87. The second kappa shape index (κ2) is 6.49. The number of carbonyl (C=O) groups excluding carboxylic acids is 2. The molecular weight excluding hydrogens is 314 g/mol. The highest BCUT2D eigenvalue weighted by molar-refractivity contribution is 6.30. The first-order valence-electron chi connectivity index (χ1n) is 8.19. The molecule has 3 amide bonds. The lowest BCUT2D eigenvalue weighted by Gasteiger charge is -2.30. The van der Waals surface area contributed by atoms with Crippen LogP contribution in [-0.2, 0) is 10.3 Å². The zero-order valence-corrected chi connectivity index (χ0v) is 14.1. The maximum Gasteiger partial charge on any atom is 0.326 e. The van der Waals surface area contributed by atoms with Gasteiger partial charge in [-0.3, -0.25) is 9.69 Å². The highest BCUT2D eigenvalue weighted by Crippen LogP contribution is 2.33. The third kappa shape index (κ3) is 2.95. The fourth-order valence-electron chi connectivity index (χ4n) is 3.45. The number of amides is 3. The minimum atomic E-state index is -1.00. The molecule has 1 atom stereocenters. The molecule has 1 aromatic rings. The molecule has 0 unspecified atom stereocenters. The van der Waals surface area contributed by atoms with Crippen LogP contribution in [0.3, 0.4) is 0 Å². The molecule has 0 bridgehead atoms.